The number of hydrogen-bond acceptors (Lipinski definition) is 3. The van der Waals surface area contributed by atoms with Gasteiger partial charge in [-0.1, -0.05) is 24.3 Å². The maximum atomic E-state index is 5.58. The molecule has 4 nitrogen and oxygen atoms in total. The number of benzene rings is 2. The minimum Gasteiger partial charge on any atom is -0.378 e. The first-order chi connectivity index (χ1) is 14.4. The van der Waals surface area contributed by atoms with E-state index >= 15 is 0 Å². The lowest BCUT2D eigenvalue weighted by atomic mass is 9.83. The van der Waals surface area contributed by atoms with Crippen molar-refractivity contribution in [3.63, 3.8) is 0 Å². The Morgan fingerprint density at radius 3 is 2.07 bits per heavy atom. The van der Waals surface area contributed by atoms with Crippen LogP contribution in [0.3, 0.4) is 0 Å². The van der Waals surface area contributed by atoms with E-state index in [0.29, 0.717) is 5.11 Å². The highest BCUT2D eigenvalue weighted by atomic mass is 32.1. The van der Waals surface area contributed by atoms with E-state index in [-0.39, 0.29) is 6.04 Å². The van der Waals surface area contributed by atoms with Crippen LogP contribution in [0, 0.1) is 0 Å². The molecule has 0 amide bonds. The lowest BCUT2D eigenvalue weighted by Gasteiger charge is -2.36. The predicted octanol–water partition coefficient (Wildman–Crippen LogP) is 4.86. The van der Waals surface area contributed by atoms with Crippen molar-refractivity contribution in [3.8, 4) is 0 Å². The fraction of sp³-hybridized carbons (Fsp3) is 0.320. The van der Waals surface area contributed by atoms with Gasteiger partial charge < -0.3 is 20.4 Å². The van der Waals surface area contributed by atoms with Crippen molar-refractivity contribution in [2.24, 2.45) is 0 Å². The molecule has 0 fully saturated rings. The topological polar surface area (TPSA) is 30.5 Å². The third-order valence-corrected chi connectivity index (χ3v) is 6.11. The summed E-state index contributed by atoms with van der Waals surface area (Å²) in [5, 5.41) is 7.66. The van der Waals surface area contributed by atoms with Gasteiger partial charge in [0.05, 0.1) is 6.04 Å². The fourth-order valence-electron chi connectivity index (χ4n) is 4.21. The molecule has 2 aromatic rings. The summed E-state index contributed by atoms with van der Waals surface area (Å²) < 4.78 is 0. The van der Waals surface area contributed by atoms with Crippen molar-refractivity contribution in [1.82, 2.24) is 10.6 Å². The van der Waals surface area contributed by atoms with E-state index in [4.69, 9.17) is 12.2 Å². The standard InChI is InChI=1S/C25H30N4S/c1-28(2)20-12-8-17(9-13-20)16-19-6-5-7-22-23(26-25(30)27-24(19)22)18-10-14-21(15-11-18)29(3)4/h8-16,23H,5-7H2,1-4H3,(H2,26,27,30)/t23-/m1/s1. The molecule has 4 rings (SSSR count). The Morgan fingerprint density at radius 2 is 1.47 bits per heavy atom. The van der Waals surface area contributed by atoms with Crippen LogP contribution < -0.4 is 20.4 Å². The minimum atomic E-state index is 0.129. The van der Waals surface area contributed by atoms with Gasteiger partial charge in [-0.2, -0.15) is 0 Å². The van der Waals surface area contributed by atoms with E-state index in [1.807, 2.05) is 0 Å². The lowest BCUT2D eigenvalue weighted by molar-refractivity contribution is 0.609. The second-order valence-corrected chi connectivity index (χ2v) is 8.84. The van der Waals surface area contributed by atoms with Gasteiger partial charge >= 0.3 is 0 Å². The number of nitrogens with zero attached hydrogens (tertiary/aromatic N) is 2. The first kappa shape index (κ1) is 20.5. The number of anilines is 2. The summed E-state index contributed by atoms with van der Waals surface area (Å²) in [4.78, 5) is 4.25. The Bertz CT molecular complexity index is 985. The van der Waals surface area contributed by atoms with Crippen molar-refractivity contribution in [2.45, 2.75) is 25.3 Å². The monoisotopic (exact) mass is 418 g/mol. The molecule has 156 valence electrons. The number of nitrogens with one attached hydrogen (secondary N) is 2. The van der Waals surface area contributed by atoms with Gasteiger partial charge in [0.1, 0.15) is 0 Å². The average molecular weight is 419 g/mol. The van der Waals surface area contributed by atoms with Crippen LogP contribution in [0.25, 0.3) is 6.08 Å². The zero-order valence-corrected chi connectivity index (χ0v) is 19.0. The van der Waals surface area contributed by atoms with Gasteiger partial charge in [-0.3, -0.25) is 0 Å². The number of allylic oxidation sites excluding steroid dienone is 1. The molecule has 0 saturated heterocycles. The van der Waals surface area contributed by atoms with Crippen LogP contribution in [-0.2, 0) is 0 Å². The third-order valence-electron chi connectivity index (χ3n) is 5.89. The van der Waals surface area contributed by atoms with Crippen LogP contribution in [0.4, 0.5) is 11.4 Å². The summed E-state index contributed by atoms with van der Waals surface area (Å²) >= 11 is 5.58. The van der Waals surface area contributed by atoms with Gasteiger partial charge in [-0.05, 0) is 84.1 Å². The smallest absolute Gasteiger partial charge is 0.171 e. The van der Waals surface area contributed by atoms with E-state index in [1.165, 1.54) is 39.3 Å². The molecule has 0 saturated carbocycles. The number of hydrogen-bond donors (Lipinski definition) is 2. The van der Waals surface area contributed by atoms with Crippen LogP contribution in [0.1, 0.15) is 36.4 Å². The molecular formula is C25H30N4S. The van der Waals surface area contributed by atoms with Crippen LogP contribution >= 0.6 is 12.2 Å². The second kappa shape index (κ2) is 8.52. The summed E-state index contributed by atoms with van der Waals surface area (Å²) in [6.45, 7) is 0. The number of rotatable bonds is 4. The first-order valence-corrected chi connectivity index (χ1v) is 10.9. The molecule has 0 bridgehead atoms. The Hall–Kier alpha value is -2.79. The Balaban J connectivity index is 1.68. The van der Waals surface area contributed by atoms with Crippen LogP contribution in [0.5, 0.6) is 0 Å². The van der Waals surface area contributed by atoms with E-state index < -0.39 is 0 Å². The predicted molar refractivity (Wildman–Crippen MR) is 132 cm³/mol. The van der Waals surface area contributed by atoms with Gasteiger partial charge in [0, 0.05) is 45.3 Å². The van der Waals surface area contributed by atoms with Crippen LogP contribution in [0.2, 0.25) is 0 Å². The molecule has 1 heterocycles. The Morgan fingerprint density at radius 1 is 0.867 bits per heavy atom. The summed E-state index contributed by atoms with van der Waals surface area (Å²) in [7, 11) is 8.27. The molecule has 2 aliphatic rings. The SMILES string of the molecule is CN(C)c1ccc(C=C2CCCC3=C2NC(=S)N[C@@H]3c2ccc(N(C)C)cc2)cc1. The van der Waals surface area contributed by atoms with Gasteiger partial charge in [-0.15, -0.1) is 0 Å². The third kappa shape index (κ3) is 4.21. The quantitative estimate of drug-likeness (QED) is 0.693. The van der Waals surface area contributed by atoms with Crippen LogP contribution in [-0.4, -0.2) is 33.3 Å². The molecule has 0 unspecified atom stereocenters. The highest BCUT2D eigenvalue weighted by molar-refractivity contribution is 7.80. The van der Waals surface area contributed by atoms with E-state index in [9.17, 15) is 0 Å². The summed E-state index contributed by atoms with van der Waals surface area (Å²) in [5.74, 6) is 0. The molecule has 1 aliphatic heterocycles. The fourth-order valence-corrected chi connectivity index (χ4v) is 4.43. The highest BCUT2D eigenvalue weighted by Crippen LogP contribution is 2.39. The van der Waals surface area contributed by atoms with E-state index in [0.717, 1.165) is 19.3 Å². The molecule has 0 aromatic heterocycles. The largest absolute Gasteiger partial charge is 0.378 e. The zero-order chi connectivity index (χ0) is 21.3. The maximum Gasteiger partial charge on any atom is 0.171 e. The van der Waals surface area contributed by atoms with Crippen molar-refractivity contribution >= 4 is 34.8 Å². The van der Waals surface area contributed by atoms with Crippen molar-refractivity contribution in [3.05, 3.63) is 76.5 Å². The lowest BCUT2D eigenvalue weighted by Crippen LogP contribution is -2.45. The first-order valence-electron chi connectivity index (χ1n) is 10.5. The molecule has 0 spiro atoms. The summed E-state index contributed by atoms with van der Waals surface area (Å²) in [5.41, 5.74) is 8.86. The molecule has 30 heavy (non-hydrogen) atoms. The molecule has 2 aromatic carbocycles. The van der Waals surface area contributed by atoms with Crippen molar-refractivity contribution in [1.29, 1.82) is 0 Å². The molecule has 5 heteroatoms. The maximum absolute atomic E-state index is 5.58. The minimum absolute atomic E-state index is 0.129. The van der Waals surface area contributed by atoms with E-state index in [1.54, 1.807) is 0 Å². The van der Waals surface area contributed by atoms with Gasteiger partial charge in [0.25, 0.3) is 0 Å². The van der Waals surface area contributed by atoms with E-state index in [2.05, 4.69) is 103 Å². The molecule has 2 N–H and O–H groups in total. The zero-order valence-electron chi connectivity index (χ0n) is 18.2. The number of thiocarbonyl (C=S) groups is 1. The molecule has 1 atom stereocenters. The molecular weight excluding hydrogens is 388 g/mol. The van der Waals surface area contributed by atoms with Crippen LogP contribution in [0.15, 0.2) is 65.4 Å². The molecule has 1 aliphatic carbocycles. The average Bonchev–Trinajstić information content (AvgIpc) is 2.74. The summed E-state index contributed by atoms with van der Waals surface area (Å²) in [6.07, 6.45) is 5.61. The Labute approximate surface area is 185 Å². The highest BCUT2D eigenvalue weighted by Gasteiger charge is 2.30. The van der Waals surface area contributed by atoms with Gasteiger partial charge in [0.2, 0.25) is 0 Å². The normalized spacial score (nSPS) is 19.8. The summed E-state index contributed by atoms with van der Waals surface area (Å²) in [6, 6.07) is 17.6. The van der Waals surface area contributed by atoms with Gasteiger partial charge in [0.15, 0.2) is 5.11 Å². The molecule has 0 radical (unpaired) electrons. The Kier molecular flexibility index (Phi) is 5.82. The van der Waals surface area contributed by atoms with Crippen molar-refractivity contribution in [2.75, 3.05) is 38.0 Å². The van der Waals surface area contributed by atoms with Crippen molar-refractivity contribution < 1.29 is 0 Å². The second-order valence-electron chi connectivity index (χ2n) is 8.43. The van der Waals surface area contributed by atoms with Gasteiger partial charge in [-0.25, -0.2) is 0 Å².